The first-order valence-electron chi connectivity index (χ1n) is 3.12. The smallest absolute Gasteiger partial charge is 0.123 e. The second-order valence-electron chi connectivity index (χ2n) is 2.24. The van der Waals surface area contributed by atoms with Crippen LogP contribution in [0.4, 0.5) is 0 Å². The topological polar surface area (TPSA) is 15.3 Å². The van der Waals surface area contributed by atoms with Gasteiger partial charge in [-0.25, -0.2) is 0 Å². The summed E-state index contributed by atoms with van der Waals surface area (Å²) in [4.78, 5) is 2.05. The summed E-state index contributed by atoms with van der Waals surface area (Å²) in [5.74, 6) is 0. The maximum absolute atomic E-state index is 5.76. The minimum atomic E-state index is 0.234. The summed E-state index contributed by atoms with van der Waals surface area (Å²) in [6.45, 7) is 0. The number of rotatable bonds is 0. The Hall–Kier alpha value is -0.890. The van der Waals surface area contributed by atoms with Crippen molar-refractivity contribution in [2.75, 3.05) is 0 Å². The molecule has 2 aliphatic rings. The molecule has 0 saturated carbocycles. The molecule has 2 aliphatic heterocycles. The fourth-order valence-corrected chi connectivity index (χ4v) is 1.22. The number of nitrogens with zero attached hydrogens (tertiary/aromatic N) is 1. The predicted octanol–water partition coefficient (Wildman–Crippen LogP) is 1.34. The van der Waals surface area contributed by atoms with Crippen molar-refractivity contribution in [1.29, 1.82) is 0 Å². The first kappa shape index (κ1) is 5.86. The van der Waals surface area contributed by atoms with Crippen molar-refractivity contribution in [2.45, 2.75) is 6.17 Å². The van der Waals surface area contributed by atoms with Gasteiger partial charge >= 0.3 is 0 Å². The molecular formula is C7H7ClN2. The van der Waals surface area contributed by atoms with Crippen molar-refractivity contribution >= 4 is 11.6 Å². The van der Waals surface area contributed by atoms with Crippen LogP contribution in [0.15, 0.2) is 35.8 Å². The van der Waals surface area contributed by atoms with E-state index in [0.717, 1.165) is 5.03 Å². The maximum Gasteiger partial charge on any atom is 0.123 e. The molecule has 0 spiro atoms. The molecule has 2 rings (SSSR count). The van der Waals surface area contributed by atoms with E-state index in [1.54, 1.807) is 0 Å². The van der Waals surface area contributed by atoms with Crippen LogP contribution in [0, 0.1) is 0 Å². The van der Waals surface area contributed by atoms with Crippen molar-refractivity contribution in [3.8, 4) is 0 Å². The van der Waals surface area contributed by atoms with Gasteiger partial charge in [0.15, 0.2) is 0 Å². The standard InChI is InChI=1S/C7H7ClN2/c8-6-1-3-10-4-2-9-7(10)5-6/h1-5,7,9H. The maximum atomic E-state index is 5.76. The van der Waals surface area contributed by atoms with Gasteiger partial charge in [-0.15, -0.1) is 0 Å². The second kappa shape index (κ2) is 2.06. The first-order chi connectivity index (χ1) is 4.86. The first-order valence-corrected chi connectivity index (χ1v) is 3.50. The molecule has 2 heterocycles. The molecular weight excluding hydrogens is 148 g/mol. The number of halogens is 1. The molecule has 0 aliphatic carbocycles. The summed E-state index contributed by atoms with van der Waals surface area (Å²) in [5, 5.41) is 3.91. The van der Waals surface area contributed by atoms with E-state index in [2.05, 4.69) is 5.32 Å². The van der Waals surface area contributed by atoms with Crippen LogP contribution in [0.2, 0.25) is 0 Å². The monoisotopic (exact) mass is 154 g/mol. The van der Waals surface area contributed by atoms with Crippen molar-refractivity contribution in [2.24, 2.45) is 0 Å². The summed E-state index contributed by atoms with van der Waals surface area (Å²) < 4.78 is 0. The molecule has 0 fully saturated rings. The number of hydrogen-bond acceptors (Lipinski definition) is 2. The number of nitrogens with one attached hydrogen (secondary N) is 1. The molecule has 52 valence electrons. The van der Waals surface area contributed by atoms with Crippen LogP contribution >= 0.6 is 11.6 Å². The van der Waals surface area contributed by atoms with Gasteiger partial charge in [0.25, 0.3) is 0 Å². The molecule has 1 N–H and O–H groups in total. The van der Waals surface area contributed by atoms with E-state index in [0.29, 0.717) is 0 Å². The molecule has 0 bridgehead atoms. The molecule has 2 nitrogen and oxygen atoms in total. The van der Waals surface area contributed by atoms with Crippen molar-refractivity contribution < 1.29 is 0 Å². The molecule has 3 heteroatoms. The van der Waals surface area contributed by atoms with Gasteiger partial charge < -0.3 is 10.2 Å². The minimum Gasteiger partial charge on any atom is -0.366 e. The largest absolute Gasteiger partial charge is 0.366 e. The van der Waals surface area contributed by atoms with Crippen LogP contribution < -0.4 is 5.32 Å². The van der Waals surface area contributed by atoms with Gasteiger partial charge in [-0.2, -0.15) is 0 Å². The molecule has 0 aromatic carbocycles. The van der Waals surface area contributed by atoms with Crippen LogP contribution in [0.5, 0.6) is 0 Å². The van der Waals surface area contributed by atoms with E-state index < -0.39 is 0 Å². The van der Waals surface area contributed by atoms with Crippen LogP contribution in [0.1, 0.15) is 0 Å². The summed E-state index contributed by atoms with van der Waals surface area (Å²) in [6.07, 6.45) is 9.89. The van der Waals surface area contributed by atoms with Gasteiger partial charge in [0, 0.05) is 23.6 Å². The minimum absolute atomic E-state index is 0.234. The number of fused-ring (bicyclic) bond motifs is 1. The lowest BCUT2D eigenvalue weighted by Gasteiger charge is -2.21. The average molecular weight is 155 g/mol. The summed E-state index contributed by atoms with van der Waals surface area (Å²) in [5.41, 5.74) is 0. The van der Waals surface area contributed by atoms with Crippen LogP contribution in [-0.2, 0) is 0 Å². The van der Waals surface area contributed by atoms with Crippen molar-refractivity contribution in [1.82, 2.24) is 10.2 Å². The lowest BCUT2D eigenvalue weighted by atomic mass is 10.3. The zero-order chi connectivity index (χ0) is 6.97. The van der Waals surface area contributed by atoms with Crippen LogP contribution in [-0.4, -0.2) is 11.1 Å². The van der Waals surface area contributed by atoms with E-state index in [1.807, 2.05) is 35.7 Å². The van der Waals surface area contributed by atoms with Crippen LogP contribution in [0.25, 0.3) is 0 Å². The Bertz CT molecular complexity index is 230. The third kappa shape index (κ3) is 0.809. The van der Waals surface area contributed by atoms with E-state index in [1.165, 1.54) is 0 Å². The zero-order valence-electron chi connectivity index (χ0n) is 5.29. The highest BCUT2D eigenvalue weighted by Crippen LogP contribution is 2.17. The van der Waals surface area contributed by atoms with E-state index >= 15 is 0 Å². The molecule has 0 radical (unpaired) electrons. The highest BCUT2D eigenvalue weighted by atomic mass is 35.5. The quantitative estimate of drug-likeness (QED) is 0.567. The SMILES string of the molecule is ClC1=CC2NC=CN2C=C1. The van der Waals surface area contributed by atoms with Crippen molar-refractivity contribution in [3.63, 3.8) is 0 Å². The number of hydrogen-bond donors (Lipinski definition) is 1. The second-order valence-corrected chi connectivity index (χ2v) is 2.68. The summed E-state index contributed by atoms with van der Waals surface area (Å²) in [6, 6.07) is 0. The highest BCUT2D eigenvalue weighted by molar-refractivity contribution is 6.31. The molecule has 1 unspecified atom stereocenters. The van der Waals surface area contributed by atoms with Gasteiger partial charge in [0.05, 0.1) is 0 Å². The third-order valence-electron chi connectivity index (χ3n) is 1.56. The third-order valence-corrected chi connectivity index (χ3v) is 1.81. The lowest BCUT2D eigenvalue weighted by molar-refractivity contribution is 0.425. The summed E-state index contributed by atoms with van der Waals surface area (Å²) in [7, 11) is 0. The molecule has 10 heavy (non-hydrogen) atoms. The Morgan fingerprint density at radius 3 is 3.30 bits per heavy atom. The molecule has 1 atom stereocenters. The van der Waals surface area contributed by atoms with Crippen LogP contribution in [0.3, 0.4) is 0 Å². The van der Waals surface area contributed by atoms with E-state index in [9.17, 15) is 0 Å². The highest BCUT2D eigenvalue weighted by Gasteiger charge is 2.16. The Morgan fingerprint density at radius 2 is 2.40 bits per heavy atom. The van der Waals surface area contributed by atoms with E-state index in [-0.39, 0.29) is 6.17 Å². The fourth-order valence-electron chi connectivity index (χ4n) is 1.05. The number of allylic oxidation sites excluding steroid dienone is 2. The van der Waals surface area contributed by atoms with Crippen molar-refractivity contribution in [3.05, 3.63) is 35.8 Å². The molecule has 0 amide bonds. The van der Waals surface area contributed by atoms with Gasteiger partial charge in [-0.3, -0.25) is 0 Å². The molecule has 0 aromatic rings. The fraction of sp³-hybridized carbons (Fsp3) is 0.143. The van der Waals surface area contributed by atoms with Gasteiger partial charge in [0.2, 0.25) is 0 Å². The predicted molar refractivity (Wildman–Crippen MR) is 41.0 cm³/mol. The molecule has 0 aromatic heterocycles. The Balaban J connectivity index is 2.25. The van der Waals surface area contributed by atoms with E-state index in [4.69, 9.17) is 11.6 Å². The summed E-state index contributed by atoms with van der Waals surface area (Å²) >= 11 is 5.76. The normalized spacial score (nSPS) is 27.9. The Kier molecular flexibility index (Phi) is 1.21. The van der Waals surface area contributed by atoms with Gasteiger partial charge in [-0.1, -0.05) is 11.6 Å². The lowest BCUT2D eigenvalue weighted by Crippen LogP contribution is -2.31. The average Bonchev–Trinajstić information content (AvgIpc) is 2.33. The molecule has 0 saturated heterocycles. The van der Waals surface area contributed by atoms with Gasteiger partial charge in [0.1, 0.15) is 6.17 Å². The Morgan fingerprint density at radius 1 is 1.50 bits per heavy atom. The Labute approximate surface area is 64.5 Å². The zero-order valence-corrected chi connectivity index (χ0v) is 6.05. The van der Waals surface area contributed by atoms with Gasteiger partial charge in [-0.05, 0) is 12.2 Å².